The van der Waals surface area contributed by atoms with Gasteiger partial charge in [0, 0.05) is 27.2 Å². The molecule has 0 amide bonds. The minimum absolute atomic E-state index is 0.0215. The summed E-state index contributed by atoms with van der Waals surface area (Å²) in [6, 6.07) is -0.0215. The number of rotatable bonds is 7. The lowest BCUT2D eigenvalue weighted by Gasteiger charge is -2.27. The van der Waals surface area contributed by atoms with Crippen LogP contribution in [0.15, 0.2) is 0 Å². The van der Waals surface area contributed by atoms with Crippen LogP contribution in [0.4, 0.5) is 0 Å². The Morgan fingerprint density at radius 1 is 1.41 bits per heavy atom. The second-order valence-electron chi connectivity index (χ2n) is 4.32. The minimum atomic E-state index is -3.34. The molecule has 1 heterocycles. The molecule has 102 valence electrons. The molecule has 1 N–H and O–H groups in total. The molecule has 0 aromatic rings. The summed E-state index contributed by atoms with van der Waals surface area (Å²) in [6.07, 6.45) is 1.58. The van der Waals surface area contributed by atoms with Crippen LogP contribution in [0.1, 0.15) is 12.8 Å². The first-order chi connectivity index (χ1) is 8.00. The lowest BCUT2D eigenvalue weighted by atomic mass is 10.3. The van der Waals surface area contributed by atoms with Gasteiger partial charge in [-0.15, -0.1) is 0 Å². The highest BCUT2D eigenvalue weighted by Gasteiger charge is 2.31. The van der Waals surface area contributed by atoms with Crippen molar-refractivity contribution >= 4 is 10.2 Å². The van der Waals surface area contributed by atoms with Crippen molar-refractivity contribution in [1.29, 1.82) is 0 Å². The second kappa shape index (κ2) is 6.65. The maximum Gasteiger partial charge on any atom is 0.281 e. The second-order valence-corrected chi connectivity index (χ2v) is 6.42. The maximum absolute atomic E-state index is 12.2. The van der Waals surface area contributed by atoms with Gasteiger partial charge in [-0.1, -0.05) is 0 Å². The zero-order chi connectivity index (χ0) is 12.9. The molecule has 0 radical (unpaired) electrons. The van der Waals surface area contributed by atoms with Crippen molar-refractivity contribution in [1.82, 2.24) is 13.9 Å². The largest absolute Gasteiger partial charge is 0.380 e. The summed E-state index contributed by atoms with van der Waals surface area (Å²) in [6.45, 7) is 2.49. The van der Waals surface area contributed by atoms with E-state index < -0.39 is 10.2 Å². The van der Waals surface area contributed by atoms with Crippen molar-refractivity contribution in [2.45, 2.75) is 18.9 Å². The third kappa shape index (κ3) is 3.89. The van der Waals surface area contributed by atoms with E-state index in [4.69, 9.17) is 4.74 Å². The Morgan fingerprint density at radius 2 is 2.12 bits per heavy atom. The first-order valence-electron chi connectivity index (χ1n) is 5.91. The Balaban J connectivity index is 2.53. The van der Waals surface area contributed by atoms with Crippen LogP contribution in [-0.2, 0) is 14.9 Å². The van der Waals surface area contributed by atoms with E-state index in [1.165, 1.54) is 8.61 Å². The Hall–Kier alpha value is -0.210. The summed E-state index contributed by atoms with van der Waals surface area (Å²) >= 11 is 0. The average molecular weight is 265 g/mol. The molecule has 1 atom stereocenters. The maximum atomic E-state index is 12.2. The number of hydrogen-bond acceptors (Lipinski definition) is 4. The highest BCUT2D eigenvalue weighted by atomic mass is 32.2. The van der Waals surface area contributed by atoms with E-state index >= 15 is 0 Å². The molecule has 6 nitrogen and oxygen atoms in total. The van der Waals surface area contributed by atoms with Crippen LogP contribution in [0, 0.1) is 0 Å². The monoisotopic (exact) mass is 265 g/mol. The minimum Gasteiger partial charge on any atom is -0.380 e. The molecule has 17 heavy (non-hydrogen) atoms. The van der Waals surface area contributed by atoms with Crippen LogP contribution in [0.25, 0.3) is 0 Å². The Kier molecular flexibility index (Phi) is 5.81. The summed E-state index contributed by atoms with van der Waals surface area (Å²) in [5, 5.41) is 3.00. The van der Waals surface area contributed by atoms with Gasteiger partial charge >= 0.3 is 0 Å². The SMILES string of the molecule is CNCCCN(C)S(=O)(=O)N(C)C1CCOC1. The lowest BCUT2D eigenvalue weighted by Crippen LogP contribution is -2.45. The number of likely N-dealkylation sites (N-methyl/N-ethyl adjacent to an activating group) is 1. The summed E-state index contributed by atoms with van der Waals surface area (Å²) in [7, 11) is 1.76. The molecule has 1 aliphatic heterocycles. The van der Waals surface area contributed by atoms with Crippen molar-refractivity contribution in [2.24, 2.45) is 0 Å². The normalized spacial score (nSPS) is 21.6. The molecule has 1 rings (SSSR count). The molecule has 1 aliphatic rings. The average Bonchev–Trinajstić information content (AvgIpc) is 2.81. The molecule has 0 spiro atoms. The van der Waals surface area contributed by atoms with Gasteiger partial charge in [0.2, 0.25) is 0 Å². The van der Waals surface area contributed by atoms with Crippen LogP contribution in [0.2, 0.25) is 0 Å². The highest BCUT2D eigenvalue weighted by Crippen LogP contribution is 2.16. The summed E-state index contributed by atoms with van der Waals surface area (Å²) in [4.78, 5) is 0. The molecule has 1 unspecified atom stereocenters. The van der Waals surface area contributed by atoms with Crippen molar-refractivity contribution < 1.29 is 13.2 Å². The Morgan fingerprint density at radius 3 is 2.65 bits per heavy atom. The number of ether oxygens (including phenoxy) is 1. The molecule has 7 heteroatoms. The van der Waals surface area contributed by atoms with Gasteiger partial charge < -0.3 is 10.1 Å². The van der Waals surface area contributed by atoms with E-state index in [-0.39, 0.29) is 6.04 Å². The van der Waals surface area contributed by atoms with Gasteiger partial charge in [0.1, 0.15) is 0 Å². The van der Waals surface area contributed by atoms with E-state index in [9.17, 15) is 8.42 Å². The summed E-state index contributed by atoms with van der Waals surface area (Å²) < 4.78 is 32.4. The van der Waals surface area contributed by atoms with Crippen LogP contribution >= 0.6 is 0 Å². The summed E-state index contributed by atoms with van der Waals surface area (Å²) in [5.74, 6) is 0. The standard InChI is InChI=1S/C10H23N3O3S/c1-11-6-4-7-12(2)17(14,15)13(3)10-5-8-16-9-10/h10-11H,4-9H2,1-3H3. The smallest absolute Gasteiger partial charge is 0.281 e. The van der Waals surface area contributed by atoms with Crippen LogP contribution in [0.5, 0.6) is 0 Å². The van der Waals surface area contributed by atoms with Gasteiger partial charge in [-0.25, -0.2) is 0 Å². The molecule has 0 aromatic carbocycles. The third-order valence-corrected chi connectivity index (χ3v) is 5.07. The van der Waals surface area contributed by atoms with Crippen molar-refractivity contribution in [3.05, 3.63) is 0 Å². The fourth-order valence-corrected chi connectivity index (χ4v) is 3.15. The molecule has 0 aromatic heterocycles. The highest BCUT2D eigenvalue weighted by molar-refractivity contribution is 7.86. The van der Waals surface area contributed by atoms with Crippen molar-refractivity contribution in [3.8, 4) is 0 Å². The van der Waals surface area contributed by atoms with Crippen molar-refractivity contribution in [3.63, 3.8) is 0 Å². The fourth-order valence-electron chi connectivity index (χ4n) is 1.81. The summed E-state index contributed by atoms with van der Waals surface area (Å²) in [5.41, 5.74) is 0. The van der Waals surface area contributed by atoms with E-state index in [0.717, 1.165) is 19.4 Å². The van der Waals surface area contributed by atoms with E-state index in [1.807, 2.05) is 7.05 Å². The topological polar surface area (TPSA) is 61.9 Å². The number of hydrogen-bond donors (Lipinski definition) is 1. The third-order valence-electron chi connectivity index (χ3n) is 3.08. The van der Waals surface area contributed by atoms with E-state index in [1.54, 1.807) is 14.1 Å². The molecular weight excluding hydrogens is 242 g/mol. The molecule has 0 aliphatic carbocycles. The van der Waals surface area contributed by atoms with E-state index in [0.29, 0.717) is 19.8 Å². The quantitative estimate of drug-likeness (QED) is 0.630. The zero-order valence-corrected chi connectivity index (χ0v) is 11.7. The van der Waals surface area contributed by atoms with Gasteiger partial charge in [-0.05, 0) is 26.4 Å². The zero-order valence-electron chi connectivity index (χ0n) is 10.8. The van der Waals surface area contributed by atoms with Crippen LogP contribution in [0.3, 0.4) is 0 Å². The van der Waals surface area contributed by atoms with Gasteiger partial charge in [0.25, 0.3) is 10.2 Å². The van der Waals surface area contributed by atoms with Crippen LogP contribution in [-0.4, -0.2) is 70.5 Å². The lowest BCUT2D eigenvalue weighted by molar-refractivity contribution is 0.179. The van der Waals surface area contributed by atoms with Gasteiger partial charge in [0.05, 0.1) is 12.6 Å². The van der Waals surface area contributed by atoms with Gasteiger partial charge in [0.15, 0.2) is 0 Å². The predicted octanol–water partition coefficient (Wildman–Crippen LogP) is -0.507. The van der Waals surface area contributed by atoms with E-state index in [2.05, 4.69) is 5.32 Å². The van der Waals surface area contributed by atoms with Crippen molar-refractivity contribution in [2.75, 3.05) is 47.4 Å². The van der Waals surface area contributed by atoms with Gasteiger partial charge in [-0.2, -0.15) is 17.0 Å². The molecule has 1 fully saturated rings. The Labute approximate surface area is 104 Å². The van der Waals surface area contributed by atoms with Crippen LogP contribution < -0.4 is 5.32 Å². The van der Waals surface area contributed by atoms with Gasteiger partial charge in [-0.3, -0.25) is 0 Å². The fraction of sp³-hybridized carbons (Fsp3) is 1.00. The number of nitrogens with zero attached hydrogens (tertiary/aromatic N) is 2. The number of nitrogens with one attached hydrogen (secondary N) is 1. The molecule has 1 saturated heterocycles. The first-order valence-corrected chi connectivity index (χ1v) is 7.31. The molecule has 0 bridgehead atoms. The Bertz CT molecular complexity index is 315. The molecule has 0 saturated carbocycles. The molecular formula is C10H23N3O3S. The predicted molar refractivity (Wildman–Crippen MR) is 67.1 cm³/mol. The first kappa shape index (κ1) is 14.8.